The Morgan fingerprint density at radius 2 is 0.611 bits per heavy atom. The Morgan fingerprint density at radius 1 is 0.389 bits per heavy atom. The van der Waals surface area contributed by atoms with Crippen molar-refractivity contribution in [3.63, 3.8) is 0 Å². The fourth-order valence-corrected chi connectivity index (χ4v) is 3.78. The zero-order chi connectivity index (χ0) is 26.8. The van der Waals surface area contributed by atoms with E-state index in [4.69, 9.17) is 0 Å². The van der Waals surface area contributed by atoms with Crippen LogP contribution in [0.4, 0.5) is 0 Å². The van der Waals surface area contributed by atoms with Gasteiger partial charge in [0.05, 0.1) is 26.2 Å². The van der Waals surface area contributed by atoms with Gasteiger partial charge in [-0.1, -0.05) is 37.1 Å². The van der Waals surface area contributed by atoms with Crippen LogP contribution in [-0.2, 0) is 39.3 Å². The Hall–Kier alpha value is -4.22. The van der Waals surface area contributed by atoms with Gasteiger partial charge in [-0.25, -0.2) is 56.2 Å². The number of unbranched alkanes of at least 4 members (excludes halogenated alkanes) is 3. The Labute approximate surface area is 206 Å². The molecule has 194 valence electrons. The lowest BCUT2D eigenvalue weighted by atomic mass is 10.2. The van der Waals surface area contributed by atoms with Crippen molar-refractivity contribution < 1.29 is 0 Å². The molecule has 0 radical (unpaired) electrons. The lowest BCUT2D eigenvalue weighted by Gasteiger charge is -2.13. The molecule has 0 N–H and O–H groups in total. The Kier molecular flexibility index (Phi) is 10.1. The van der Waals surface area contributed by atoms with Crippen LogP contribution in [0.1, 0.15) is 25.7 Å². The van der Waals surface area contributed by atoms with Crippen LogP contribution in [0.2, 0.25) is 0 Å². The van der Waals surface area contributed by atoms with Crippen molar-refractivity contribution in [2.24, 2.45) is 0 Å². The zero-order valence-electron chi connectivity index (χ0n) is 20.3. The standard InChI is InChI=1S/C24H32N6O6/c1-5-13-25-19(31)26(14-6-2)22(34)29(21(25)33)17-11-9-10-12-18-30-23(35)27(15-7-3)20(32)28(16-8-4)24(30)36/h5-8H,1-4,9-18H2. The van der Waals surface area contributed by atoms with Gasteiger partial charge in [-0.2, -0.15) is 0 Å². The van der Waals surface area contributed by atoms with E-state index in [0.29, 0.717) is 25.7 Å². The van der Waals surface area contributed by atoms with Crippen molar-refractivity contribution in [1.82, 2.24) is 27.4 Å². The average molecular weight is 501 g/mol. The number of rotatable bonds is 15. The number of hydrogen-bond donors (Lipinski definition) is 0. The third-order valence-electron chi connectivity index (χ3n) is 5.53. The van der Waals surface area contributed by atoms with Gasteiger partial charge in [0.2, 0.25) is 0 Å². The molecule has 2 aromatic rings. The van der Waals surface area contributed by atoms with E-state index in [2.05, 4.69) is 26.3 Å². The highest BCUT2D eigenvalue weighted by Crippen LogP contribution is 2.01. The van der Waals surface area contributed by atoms with Gasteiger partial charge >= 0.3 is 34.1 Å². The summed E-state index contributed by atoms with van der Waals surface area (Å²) in [6, 6.07) is 0. The molecule has 2 heterocycles. The van der Waals surface area contributed by atoms with Crippen LogP contribution in [0.3, 0.4) is 0 Å². The minimum atomic E-state index is -0.716. The van der Waals surface area contributed by atoms with Crippen LogP contribution in [0, 0.1) is 0 Å². The SMILES string of the molecule is C=CCn1c(=O)n(CC=C)c(=O)n(CCCCCCn2c(=O)n(CC=C)c(=O)n(CC=C)c2=O)c1=O. The third-order valence-corrected chi connectivity index (χ3v) is 5.53. The fourth-order valence-electron chi connectivity index (χ4n) is 3.78. The molecule has 0 saturated heterocycles. The molecule has 12 heteroatoms. The second kappa shape index (κ2) is 13.0. The first-order chi connectivity index (χ1) is 17.2. The molecular formula is C24H32N6O6. The van der Waals surface area contributed by atoms with Crippen molar-refractivity contribution in [3.05, 3.63) is 114 Å². The average Bonchev–Trinajstić information content (AvgIpc) is 2.85. The first-order valence-electron chi connectivity index (χ1n) is 11.6. The molecule has 0 aliphatic rings. The van der Waals surface area contributed by atoms with Crippen molar-refractivity contribution in [2.75, 3.05) is 0 Å². The molecule has 0 bridgehead atoms. The molecular weight excluding hydrogens is 468 g/mol. The molecule has 2 aromatic heterocycles. The maximum atomic E-state index is 12.7. The third kappa shape index (κ3) is 5.88. The summed E-state index contributed by atoms with van der Waals surface area (Å²) < 4.78 is 5.79. The molecule has 0 atom stereocenters. The summed E-state index contributed by atoms with van der Waals surface area (Å²) in [5, 5.41) is 0. The van der Waals surface area contributed by atoms with Gasteiger partial charge in [0.25, 0.3) is 0 Å². The second-order valence-electron chi connectivity index (χ2n) is 8.01. The normalized spacial score (nSPS) is 10.8. The first kappa shape index (κ1) is 28.0. The monoisotopic (exact) mass is 500 g/mol. The predicted octanol–water partition coefficient (Wildman–Crippen LogP) is -0.339. The maximum Gasteiger partial charge on any atom is 0.336 e. The van der Waals surface area contributed by atoms with Gasteiger partial charge in [-0.15, -0.1) is 26.3 Å². The Morgan fingerprint density at radius 3 is 0.833 bits per heavy atom. The van der Waals surface area contributed by atoms with E-state index in [1.165, 1.54) is 24.3 Å². The number of hydrogen-bond acceptors (Lipinski definition) is 6. The second-order valence-corrected chi connectivity index (χ2v) is 8.01. The van der Waals surface area contributed by atoms with E-state index in [-0.39, 0.29) is 39.3 Å². The molecule has 0 spiro atoms. The molecule has 0 saturated carbocycles. The summed E-state index contributed by atoms with van der Waals surface area (Å²) in [6.07, 6.45) is 7.71. The minimum absolute atomic E-state index is 0.0266. The van der Waals surface area contributed by atoms with E-state index >= 15 is 0 Å². The van der Waals surface area contributed by atoms with Crippen molar-refractivity contribution in [2.45, 2.75) is 65.0 Å². The maximum absolute atomic E-state index is 12.7. The molecule has 0 aliphatic carbocycles. The zero-order valence-corrected chi connectivity index (χ0v) is 20.3. The molecule has 0 aliphatic heterocycles. The van der Waals surface area contributed by atoms with Crippen LogP contribution in [0.5, 0.6) is 0 Å². The topological polar surface area (TPSA) is 132 Å². The summed E-state index contributed by atoms with van der Waals surface area (Å²) in [5.74, 6) is 0. The quantitative estimate of drug-likeness (QED) is 0.243. The molecule has 0 unspecified atom stereocenters. The number of aromatic nitrogens is 6. The highest BCUT2D eigenvalue weighted by atomic mass is 16.2. The van der Waals surface area contributed by atoms with Gasteiger partial charge < -0.3 is 0 Å². The van der Waals surface area contributed by atoms with Gasteiger partial charge in [-0.05, 0) is 12.8 Å². The Bertz CT molecular complexity index is 1280. The van der Waals surface area contributed by atoms with E-state index in [1.54, 1.807) is 0 Å². The smallest absolute Gasteiger partial charge is 0.247 e. The summed E-state index contributed by atoms with van der Waals surface area (Å²) in [7, 11) is 0. The summed E-state index contributed by atoms with van der Waals surface area (Å²) >= 11 is 0. The predicted molar refractivity (Wildman–Crippen MR) is 138 cm³/mol. The van der Waals surface area contributed by atoms with Crippen molar-refractivity contribution in [3.8, 4) is 0 Å². The molecule has 0 fully saturated rings. The van der Waals surface area contributed by atoms with E-state index in [1.807, 2.05) is 0 Å². The lowest BCUT2D eigenvalue weighted by molar-refractivity contribution is 0.440. The van der Waals surface area contributed by atoms with Crippen LogP contribution in [-0.4, -0.2) is 27.4 Å². The van der Waals surface area contributed by atoms with Crippen molar-refractivity contribution >= 4 is 0 Å². The highest BCUT2D eigenvalue weighted by Gasteiger charge is 2.15. The van der Waals surface area contributed by atoms with Gasteiger partial charge in [0.15, 0.2) is 0 Å². The van der Waals surface area contributed by atoms with Crippen LogP contribution >= 0.6 is 0 Å². The lowest BCUT2D eigenvalue weighted by Crippen LogP contribution is -2.54. The Balaban J connectivity index is 2.15. The van der Waals surface area contributed by atoms with Crippen molar-refractivity contribution in [1.29, 1.82) is 0 Å². The van der Waals surface area contributed by atoms with E-state index in [9.17, 15) is 28.8 Å². The molecule has 2 rings (SSSR count). The van der Waals surface area contributed by atoms with Gasteiger partial charge in [0, 0.05) is 13.1 Å². The number of nitrogens with zero attached hydrogens (tertiary/aromatic N) is 6. The number of allylic oxidation sites excluding steroid dienone is 4. The van der Waals surface area contributed by atoms with E-state index in [0.717, 1.165) is 27.4 Å². The fraction of sp³-hybridized carbons (Fsp3) is 0.417. The molecule has 12 nitrogen and oxygen atoms in total. The largest absolute Gasteiger partial charge is 0.336 e. The summed E-state index contributed by atoms with van der Waals surface area (Å²) in [4.78, 5) is 75.5. The summed E-state index contributed by atoms with van der Waals surface area (Å²) in [6.45, 7) is 14.3. The molecule has 0 aromatic carbocycles. The van der Waals surface area contributed by atoms with Crippen LogP contribution < -0.4 is 34.1 Å². The first-order valence-corrected chi connectivity index (χ1v) is 11.6. The van der Waals surface area contributed by atoms with Gasteiger partial charge in [-0.3, -0.25) is 0 Å². The van der Waals surface area contributed by atoms with Crippen LogP contribution in [0.25, 0.3) is 0 Å². The van der Waals surface area contributed by atoms with Crippen LogP contribution in [0.15, 0.2) is 79.4 Å². The van der Waals surface area contributed by atoms with E-state index < -0.39 is 34.1 Å². The summed E-state index contributed by atoms with van der Waals surface area (Å²) in [5.41, 5.74) is -4.25. The molecule has 36 heavy (non-hydrogen) atoms. The minimum Gasteiger partial charge on any atom is -0.247 e. The van der Waals surface area contributed by atoms with Gasteiger partial charge in [0.1, 0.15) is 0 Å². The highest BCUT2D eigenvalue weighted by molar-refractivity contribution is 4.86. The molecule has 0 amide bonds.